The summed E-state index contributed by atoms with van der Waals surface area (Å²) in [6.45, 7) is 3.16. The van der Waals surface area contributed by atoms with Crippen LogP contribution < -0.4 is 5.32 Å². The highest BCUT2D eigenvalue weighted by atomic mass is 32.1. The van der Waals surface area contributed by atoms with Crippen molar-refractivity contribution in [3.05, 3.63) is 34.5 Å². The Hall–Kier alpha value is -1.20. The van der Waals surface area contributed by atoms with Gasteiger partial charge in [-0.25, -0.2) is 4.98 Å². The first-order chi connectivity index (χ1) is 7.90. The van der Waals surface area contributed by atoms with E-state index in [2.05, 4.69) is 44.2 Å². The van der Waals surface area contributed by atoms with Crippen molar-refractivity contribution in [2.24, 2.45) is 0 Å². The lowest BCUT2D eigenvalue weighted by Crippen LogP contribution is -2.25. The number of H-pyrrole nitrogens is 1. The van der Waals surface area contributed by atoms with Crippen LogP contribution >= 0.6 is 11.3 Å². The molecular weight excluding hydrogens is 220 g/mol. The molecule has 86 valence electrons. The van der Waals surface area contributed by atoms with Gasteiger partial charge in [0.1, 0.15) is 12.2 Å². The van der Waals surface area contributed by atoms with Crippen molar-refractivity contribution in [3.8, 4) is 0 Å². The summed E-state index contributed by atoms with van der Waals surface area (Å²) in [5.41, 5.74) is 1.34. The zero-order chi connectivity index (χ0) is 11.2. The van der Waals surface area contributed by atoms with E-state index < -0.39 is 0 Å². The van der Waals surface area contributed by atoms with E-state index in [0.29, 0.717) is 0 Å². The van der Waals surface area contributed by atoms with Crippen LogP contribution in [0, 0.1) is 0 Å². The van der Waals surface area contributed by atoms with E-state index in [1.807, 2.05) is 0 Å². The molecule has 1 unspecified atom stereocenters. The van der Waals surface area contributed by atoms with Gasteiger partial charge in [-0.05, 0) is 41.8 Å². The van der Waals surface area contributed by atoms with Gasteiger partial charge in [-0.1, -0.05) is 6.92 Å². The van der Waals surface area contributed by atoms with Gasteiger partial charge in [0, 0.05) is 0 Å². The number of hydrogen-bond acceptors (Lipinski definition) is 4. The number of thiophene rings is 1. The molecule has 0 saturated heterocycles. The maximum absolute atomic E-state index is 4.22. The first-order valence-corrected chi connectivity index (χ1v) is 6.44. The molecule has 0 spiro atoms. The van der Waals surface area contributed by atoms with E-state index in [1.54, 1.807) is 17.7 Å². The van der Waals surface area contributed by atoms with Crippen LogP contribution in [0.25, 0.3) is 0 Å². The van der Waals surface area contributed by atoms with Gasteiger partial charge in [-0.2, -0.15) is 16.4 Å². The fourth-order valence-corrected chi connectivity index (χ4v) is 2.29. The Morgan fingerprint density at radius 1 is 1.56 bits per heavy atom. The molecule has 0 fully saturated rings. The molecule has 5 heteroatoms. The lowest BCUT2D eigenvalue weighted by Gasteiger charge is -2.14. The smallest absolute Gasteiger partial charge is 0.141 e. The van der Waals surface area contributed by atoms with Crippen molar-refractivity contribution < 1.29 is 0 Å². The van der Waals surface area contributed by atoms with E-state index in [9.17, 15) is 0 Å². The second-order valence-electron chi connectivity index (χ2n) is 3.71. The molecule has 2 aromatic heterocycles. The molecule has 0 amide bonds. The Morgan fingerprint density at radius 3 is 3.12 bits per heavy atom. The number of aromatic amines is 1. The van der Waals surface area contributed by atoms with Crippen LogP contribution in [0.15, 0.2) is 23.2 Å². The number of hydrogen-bond donors (Lipinski definition) is 2. The second-order valence-corrected chi connectivity index (χ2v) is 4.49. The predicted octanol–water partition coefficient (Wildman–Crippen LogP) is 2.15. The van der Waals surface area contributed by atoms with Crippen LogP contribution in [0.5, 0.6) is 0 Å². The molecular formula is C11H16N4S. The van der Waals surface area contributed by atoms with Gasteiger partial charge in [0.2, 0.25) is 0 Å². The van der Waals surface area contributed by atoms with E-state index in [-0.39, 0.29) is 6.04 Å². The Balaban J connectivity index is 2.03. The minimum atomic E-state index is 0.233. The summed E-state index contributed by atoms with van der Waals surface area (Å²) in [4.78, 5) is 4.22. The average Bonchev–Trinajstić information content (AvgIpc) is 2.96. The summed E-state index contributed by atoms with van der Waals surface area (Å²) < 4.78 is 0. The molecule has 1 atom stereocenters. The fraction of sp³-hybridized carbons (Fsp3) is 0.455. The molecule has 2 rings (SSSR count). The quantitative estimate of drug-likeness (QED) is 0.808. The molecule has 2 aromatic rings. The van der Waals surface area contributed by atoms with Gasteiger partial charge in [0.05, 0.1) is 6.04 Å². The van der Waals surface area contributed by atoms with Crippen molar-refractivity contribution >= 4 is 11.3 Å². The lowest BCUT2D eigenvalue weighted by atomic mass is 10.1. The summed E-state index contributed by atoms with van der Waals surface area (Å²) in [6.07, 6.45) is 3.64. The van der Waals surface area contributed by atoms with Gasteiger partial charge < -0.3 is 5.32 Å². The largest absolute Gasteiger partial charge is 0.307 e. The molecule has 2 heterocycles. The van der Waals surface area contributed by atoms with Gasteiger partial charge in [0.25, 0.3) is 0 Å². The summed E-state index contributed by atoms with van der Waals surface area (Å²) >= 11 is 1.73. The van der Waals surface area contributed by atoms with Crippen molar-refractivity contribution in [1.29, 1.82) is 0 Å². The minimum absolute atomic E-state index is 0.233. The number of nitrogens with one attached hydrogen (secondary N) is 2. The van der Waals surface area contributed by atoms with Crippen LogP contribution in [-0.2, 0) is 6.42 Å². The van der Waals surface area contributed by atoms with Crippen LogP contribution in [0.3, 0.4) is 0 Å². The normalized spacial score (nSPS) is 12.8. The Labute approximate surface area is 99.1 Å². The van der Waals surface area contributed by atoms with Crippen LogP contribution in [0.4, 0.5) is 0 Å². The van der Waals surface area contributed by atoms with Crippen molar-refractivity contribution in [3.63, 3.8) is 0 Å². The summed E-state index contributed by atoms with van der Waals surface area (Å²) in [7, 11) is 0. The Morgan fingerprint density at radius 2 is 2.50 bits per heavy atom. The molecule has 0 aliphatic carbocycles. The number of rotatable bonds is 6. The molecule has 4 nitrogen and oxygen atoms in total. The average molecular weight is 236 g/mol. The van der Waals surface area contributed by atoms with Gasteiger partial charge in [0.15, 0.2) is 0 Å². The highest BCUT2D eigenvalue weighted by Crippen LogP contribution is 2.16. The third-order valence-electron chi connectivity index (χ3n) is 2.42. The standard InChI is InChI=1S/C11H16N4S/c1-2-4-12-10(11-13-8-14-15-11)6-9-3-5-16-7-9/h3,5,7-8,10,12H,2,4,6H2,1H3,(H,13,14,15). The first kappa shape index (κ1) is 11.3. The lowest BCUT2D eigenvalue weighted by molar-refractivity contribution is 0.506. The molecule has 2 N–H and O–H groups in total. The third kappa shape index (κ3) is 2.90. The van der Waals surface area contributed by atoms with Crippen molar-refractivity contribution in [2.75, 3.05) is 6.54 Å². The monoisotopic (exact) mass is 236 g/mol. The fourth-order valence-electron chi connectivity index (χ4n) is 1.61. The molecule has 0 bridgehead atoms. The van der Waals surface area contributed by atoms with Crippen LogP contribution in [-0.4, -0.2) is 21.7 Å². The van der Waals surface area contributed by atoms with Crippen LogP contribution in [0.1, 0.15) is 30.8 Å². The summed E-state index contributed by atoms with van der Waals surface area (Å²) in [5.74, 6) is 0.916. The minimum Gasteiger partial charge on any atom is -0.307 e. The zero-order valence-corrected chi connectivity index (χ0v) is 10.1. The molecule has 16 heavy (non-hydrogen) atoms. The maximum Gasteiger partial charge on any atom is 0.141 e. The van der Waals surface area contributed by atoms with Crippen LogP contribution in [0.2, 0.25) is 0 Å². The molecule has 0 aliphatic rings. The number of aromatic nitrogens is 3. The SMILES string of the molecule is CCCNC(Cc1ccsc1)c1ncn[nH]1. The van der Waals surface area contributed by atoms with E-state index >= 15 is 0 Å². The van der Waals surface area contributed by atoms with E-state index in [1.165, 1.54) is 5.56 Å². The molecule has 0 aromatic carbocycles. The molecule has 0 radical (unpaired) electrons. The predicted molar refractivity (Wildman–Crippen MR) is 65.4 cm³/mol. The highest BCUT2D eigenvalue weighted by molar-refractivity contribution is 7.07. The van der Waals surface area contributed by atoms with Crippen molar-refractivity contribution in [1.82, 2.24) is 20.5 Å². The van der Waals surface area contributed by atoms with Crippen molar-refractivity contribution in [2.45, 2.75) is 25.8 Å². The third-order valence-corrected chi connectivity index (χ3v) is 3.16. The summed E-state index contributed by atoms with van der Waals surface area (Å²) in [6, 6.07) is 2.39. The topological polar surface area (TPSA) is 53.6 Å². The first-order valence-electron chi connectivity index (χ1n) is 5.50. The Bertz CT molecular complexity index is 382. The Kier molecular flexibility index (Phi) is 4.07. The summed E-state index contributed by atoms with van der Waals surface area (Å²) in [5, 5.41) is 14.6. The number of nitrogens with zero attached hydrogens (tertiary/aromatic N) is 2. The van der Waals surface area contributed by atoms with Gasteiger partial charge >= 0.3 is 0 Å². The zero-order valence-electron chi connectivity index (χ0n) is 9.31. The van der Waals surface area contributed by atoms with Gasteiger partial charge in [-0.3, -0.25) is 5.10 Å². The maximum atomic E-state index is 4.22. The molecule has 0 aliphatic heterocycles. The molecule has 0 saturated carbocycles. The van der Waals surface area contributed by atoms with E-state index in [4.69, 9.17) is 0 Å². The second kappa shape index (κ2) is 5.77. The van der Waals surface area contributed by atoms with Gasteiger partial charge in [-0.15, -0.1) is 0 Å². The van der Waals surface area contributed by atoms with E-state index in [0.717, 1.165) is 25.2 Å². The highest BCUT2D eigenvalue weighted by Gasteiger charge is 2.14.